The Morgan fingerprint density at radius 2 is 2.05 bits per heavy atom. The highest BCUT2D eigenvalue weighted by molar-refractivity contribution is 9.10. The molecule has 0 unspecified atom stereocenters. The van der Waals surface area contributed by atoms with Crippen LogP contribution in [-0.4, -0.2) is 28.9 Å². The zero-order chi connectivity index (χ0) is 14.6. The number of carbonyl (C=O) groups excluding carboxylic acids is 2. The number of carbonyl (C=O) groups is 3. The molecule has 0 fully saturated rings. The van der Waals surface area contributed by atoms with E-state index >= 15 is 0 Å². The van der Waals surface area contributed by atoms with Gasteiger partial charge < -0.3 is 16.2 Å². The van der Waals surface area contributed by atoms with Crippen molar-refractivity contribution >= 4 is 33.7 Å². The monoisotopic (exact) mass is 332 g/mol. The highest BCUT2D eigenvalue weighted by Gasteiger charge is 2.23. The Kier molecular flexibility index (Phi) is 4.99. The van der Waals surface area contributed by atoms with E-state index in [9.17, 15) is 18.8 Å². The lowest BCUT2D eigenvalue weighted by Crippen LogP contribution is -2.43. The number of carboxylic acid groups (broad SMARTS) is 1. The van der Waals surface area contributed by atoms with E-state index < -0.39 is 36.1 Å². The molecular formula is C11H10BrFN2O4. The highest BCUT2D eigenvalue weighted by Crippen LogP contribution is 2.18. The number of nitrogens with one attached hydrogen (secondary N) is 1. The van der Waals surface area contributed by atoms with Gasteiger partial charge in [0.05, 0.1) is 12.0 Å². The summed E-state index contributed by atoms with van der Waals surface area (Å²) in [7, 11) is 0. The van der Waals surface area contributed by atoms with E-state index in [2.05, 4.69) is 21.2 Å². The second kappa shape index (κ2) is 6.28. The lowest BCUT2D eigenvalue weighted by Gasteiger charge is -2.13. The SMILES string of the molecule is NC(=O)C[C@H](NC(=O)c1ccc(F)cc1Br)C(=O)O. The Bertz CT molecular complexity index is 535. The van der Waals surface area contributed by atoms with E-state index in [1.165, 1.54) is 6.07 Å². The number of hydrogen-bond donors (Lipinski definition) is 3. The molecule has 4 N–H and O–H groups in total. The summed E-state index contributed by atoms with van der Waals surface area (Å²) >= 11 is 2.99. The molecule has 0 heterocycles. The summed E-state index contributed by atoms with van der Waals surface area (Å²) in [5.74, 6) is -3.54. The zero-order valence-corrected chi connectivity index (χ0v) is 11.1. The Morgan fingerprint density at radius 3 is 2.53 bits per heavy atom. The lowest BCUT2D eigenvalue weighted by atomic mass is 10.1. The van der Waals surface area contributed by atoms with Crippen LogP contribution < -0.4 is 11.1 Å². The average molecular weight is 333 g/mol. The third-order valence-electron chi connectivity index (χ3n) is 2.18. The smallest absolute Gasteiger partial charge is 0.326 e. The normalized spacial score (nSPS) is 11.7. The fourth-order valence-corrected chi connectivity index (χ4v) is 1.84. The quantitative estimate of drug-likeness (QED) is 0.735. The first kappa shape index (κ1) is 15.1. The van der Waals surface area contributed by atoms with Crippen LogP contribution in [0.15, 0.2) is 22.7 Å². The Hall–Kier alpha value is -1.96. The van der Waals surface area contributed by atoms with Gasteiger partial charge in [-0.3, -0.25) is 9.59 Å². The van der Waals surface area contributed by atoms with Crippen molar-refractivity contribution < 1.29 is 23.9 Å². The molecule has 2 amide bonds. The number of aliphatic carboxylic acids is 1. The van der Waals surface area contributed by atoms with Crippen molar-refractivity contribution in [3.63, 3.8) is 0 Å². The predicted molar refractivity (Wildman–Crippen MR) is 66.8 cm³/mol. The Morgan fingerprint density at radius 1 is 1.42 bits per heavy atom. The topological polar surface area (TPSA) is 109 Å². The second-order valence-electron chi connectivity index (χ2n) is 3.66. The van der Waals surface area contributed by atoms with Crippen molar-refractivity contribution in [3.05, 3.63) is 34.1 Å². The van der Waals surface area contributed by atoms with E-state index in [-0.39, 0.29) is 10.0 Å². The molecule has 0 aliphatic carbocycles. The third-order valence-corrected chi connectivity index (χ3v) is 2.84. The summed E-state index contributed by atoms with van der Waals surface area (Å²) in [5.41, 5.74) is 4.94. The molecule has 19 heavy (non-hydrogen) atoms. The molecular weight excluding hydrogens is 323 g/mol. The Balaban J connectivity index is 2.87. The van der Waals surface area contributed by atoms with Gasteiger partial charge in [0.2, 0.25) is 5.91 Å². The molecule has 0 saturated carbocycles. The summed E-state index contributed by atoms with van der Waals surface area (Å²) in [6.45, 7) is 0. The first-order valence-corrected chi connectivity index (χ1v) is 5.87. The maximum atomic E-state index is 12.9. The fraction of sp³-hybridized carbons (Fsp3) is 0.182. The molecule has 0 aromatic heterocycles. The summed E-state index contributed by atoms with van der Waals surface area (Å²) in [4.78, 5) is 33.3. The summed E-state index contributed by atoms with van der Waals surface area (Å²) in [5, 5.41) is 11.0. The number of rotatable bonds is 5. The van der Waals surface area contributed by atoms with Gasteiger partial charge >= 0.3 is 5.97 Å². The minimum atomic E-state index is -1.43. The zero-order valence-electron chi connectivity index (χ0n) is 9.52. The number of benzene rings is 1. The number of nitrogens with two attached hydrogens (primary N) is 1. The molecule has 1 rings (SSSR count). The maximum absolute atomic E-state index is 12.9. The number of primary amides is 1. The van der Waals surface area contributed by atoms with Crippen LogP contribution >= 0.6 is 15.9 Å². The molecule has 1 atom stereocenters. The molecule has 1 aromatic rings. The van der Waals surface area contributed by atoms with Crippen LogP contribution in [0.4, 0.5) is 4.39 Å². The van der Waals surface area contributed by atoms with Gasteiger partial charge in [0.15, 0.2) is 0 Å². The van der Waals surface area contributed by atoms with Crippen LogP contribution in [0.5, 0.6) is 0 Å². The van der Waals surface area contributed by atoms with Gasteiger partial charge in [-0.1, -0.05) is 0 Å². The molecule has 0 aliphatic rings. The number of carboxylic acids is 1. The van der Waals surface area contributed by atoms with Crippen molar-refractivity contribution in [2.24, 2.45) is 5.73 Å². The Labute approximate surface area is 115 Å². The summed E-state index contributed by atoms with van der Waals surface area (Å²) < 4.78 is 13.0. The van der Waals surface area contributed by atoms with Crippen LogP contribution in [-0.2, 0) is 9.59 Å². The van der Waals surface area contributed by atoms with Gasteiger partial charge in [0.25, 0.3) is 5.91 Å². The average Bonchev–Trinajstić information content (AvgIpc) is 2.26. The van der Waals surface area contributed by atoms with Crippen molar-refractivity contribution in [3.8, 4) is 0 Å². The van der Waals surface area contributed by atoms with Gasteiger partial charge in [-0.15, -0.1) is 0 Å². The van der Waals surface area contributed by atoms with Crippen molar-refractivity contribution in [1.29, 1.82) is 0 Å². The molecule has 0 aliphatic heterocycles. The first-order chi connectivity index (χ1) is 8.81. The minimum absolute atomic E-state index is 0.0529. The summed E-state index contributed by atoms with van der Waals surface area (Å²) in [6, 6.07) is 1.89. The molecule has 8 heteroatoms. The number of hydrogen-bond acceptors (Lipinski definition) is 3. The van der Waals surface area contributed by atoms with Gasteiger partial charge in [-0.25, -0.2) is 9.18 Å². The predicted octanol–water partition coefficient (Wildman–Crippen LogP) is 0.647. The van der Waals surface area contributed by atoms with Gasteiger partial charge in [0, 0.05) is 4.47 Å². The van der Waals surface area contributed by atoms with Crippen LogP contribution in [0, 0.1) is 5.82 Å². The van der Waals surface area contributed by atoms with E-state index in [1.807, 2.05) is 0 Å². The van der Waals surface area contributed by atoms with E-state index in [0.717, 1.165) is 12.1 Å². The highest BCUT2D eigenvalue weighted by atomic mass is 79.9. The van der Waals surface area contributed by atoms with Crippen LogP contribution in [0.25, 0.3) is 0 Å². The van der Waals surface area contributed by atoms with Crippen molar-refractivity contribution in [2.45, 2.75) is 12.5 Å². The molecule has 0 bridgehead atoms. The van der Waals surface area contributed by atoms with Gasteiger partial charge in [-0.2, -0.15) is 0 Å². The number of halogens is 2. The lowest BCUT2D eigenvalue weighted by molar-refractivity contribution is -0.140. The van der Waals surface area contributed by atoms with Crippen LogP contribution in [0.3, 0.4) is 0 Å². The molecule has 0 radical (unpaired) electrons. The van der Waals surface area contributed by atoms with Crippen LogP contribution in [0.2, 0.25) is 0 Å². The molecule has 0 spiro atoms. The maximum Gasteiger partial charge on any atom is 0.326 e. The summed E-state index contributed by atoms with van der Waals surface area (Å²) in [6.07, 6.45) is -0.528. The molecule has 6 nitrogen and oxygen atoms in total. The van der Waals surface area contributed by atoms with E-state index in [1.54, 1.807) is 0 Å². The molecule has 1 aromatic carbocycles. The number of amides is 2. The van der Waals surface area contributed by atoms with E-state index in [4.69, 9.17) is 10.8 Å². The second-order valence-corrected chi connectivity index (χ2v) is 4.51. The fourth-order valence-electron chi connectivity index (χ4n) is 1.31. The van der Waals surface area contributed by atoms with Crippen molar-refractivity contribution in [2.75, 3.05) is 0 Å². The van der Waals surface area contributed by atoms with E-state index in [0.29, 0.717) is 0 Å². The largest absolute Gasteiger partial charge is 0.480 e. The first-order valence-electron chi connectivity index (χ1n) is 5.08. The molecule has 0 saturated heterocycles. The van der Waals surface area contributed by atoms with Crippen molar-refractivity contribution in [1.82, 2.24) is 5.32 Å². The molecule has 102 valence electrons. The third kappa shape index (κ3) is 4.32. The standard InChI is InChI=1S/C11H10BrFN2O4/c12-7-3-5(13)1-2-6(7)10(17)15-8(11(18)19)4-9(14)16/h1-3,8H,4H2,(H2,14,16)(H,15,17)(H,18,19)/t8-/m0/s1. The van der Waals surface area contributed by atoms with Gasteiger partial charge in [-0.05, 0) is 34.1 Å². The minimum Gasteiger partial charge on any atom is -0.480 e. The van der Waals surface area contributed by atoms with Gasteiger partial charge in [0.1, 0.15) is 11.9 Å². The van der Waals surface area contributed by atoms with Crippen LogP contribution in [0.1, 0.15) is 16.8 Å².